The van der Waals surface area contributed by atoms with E-state index in [-0.39, 0.29) is 5.78 Å². The molecule has 0 aliphatic carbocycles. The standard InChI is InChI=1S/C7H10O2/c1-6(8)5-7-3-2-4-9-7/h5H,2-4H2,1H3/b7-5-. The Balaban J connectivity index is 2.49. The fourth-order valence-electron chi connectivity index (χ4n) is 0.862. The number of hydrogen-bond donors (Lipinski definition) is 0. The first-order valence-electron chi connectivity index (χ1n) is 3.13. The molecular formula is C7H10O2. The number of carbonyl (C=O) groups excluding carboxylic acids is 1. The van der Waals surface area contributed by atoms with Crippen molar-refractivity contribution in [2.45, 2.75) is 19.8 Å². The molecule has 0 aromatic rings. The molecule has 1 aliphatic heterocycles. The molecule has 0 amide bonds. The highest BCUT2D eigenvalue weighted by Gasteiger charge is 2.06. The van der Waals surface area contributed by atoms with E-state index in [4.69, 9.17) is 4.74 Å². The molecule has 0 bridgehead atoms. The Labute approximate surface area is 54.5 Å². The lowest BCUT2D eigenvalue weighted by atomic mass is 10.3. The van der Waals surface area contributed by atoms with Gasteiger partial charge in [0.1, 0.15) is 0 Å². The summed E-state index contributed by atoms with van der Waals surface area (Å²) in [5.74, 6) is 0.925. The number of hydrogen-bond acceptors (Lipinski definition) is 2. The van der Waals surface area contributed by atoms with Crippen molar-refractivity contribution in [3.05, 3.63) is 11.8 Å². The van der Waals surface area contributed by atoms with Gasteiger partial charge in [-0.05, 0) is 13.3 Å². The Morgan fingerprint density at radius 1 is 1.78 bits per heavy atom. The van der Waals surface area contributed by atoms with Crippen LogP contribution < -0.4 is 0 Å². The highest BCUT2D eigenvalue weighted by molar-refractivity contribution is 5.87. The highest BCUT2D eigenvalue weighted by atomic mass is 16.5. The first-order chi connectivity index (χ1) is 4.29. The summed E-state index contributed by atoms with van der Waals surface area (Å²) >= 11 is 0. The quantitative estimate of drug-likeness (QED) is 0.494. The lowest BCUT2D eigenvalue weighted by molar-refractivity contribution is -0.112. The van der Waals surface area contributed by atoms with Crippen LogP contribution in [0.25, 0.3) is 0 Å². The molecule has 2 heteroatoms. The fourth-order valence-corrected chi connectivity index (χ4v) is 0.862. The van der Waals surface area contributed by atoms with E-state index in [0.29, 0.717) is 0 Å². The predicted molar refractivity (Wildman–Crippen MR) is 33.9 cm³/mol. The van der Waals surface area contributed by atoms with E-state index in [0.717, 1.165) is 25.2 Å². The molecule has 0 spiro atoms. The molecule has 0 aromatic heterocycles. The molecule has 0 atom stereocenters. The maximum atomic E-state index is 10.4. The van der Waals surface area contributed by atoms with Crippen LogP contribution in [0.2, 0.25) is 0 Å². The van der Waals surface area contributed by atoms with Crippen molar-refractivity contribution in [3.63, 3.8) is 0 Å². The van der Waals surface area contributed by atoms with E-state index in [1.54, 1.807) is 6.08 Å². The van der Waals surface area contributed by atoms with Gasteiger partial charge in [0.15, 0.2) is 5.78 Å². The summed E-state index contributed by atoms with van der Waals surface area (Å²) in [7, 11) is 0. The zero-order valence-corrected chi connectivity index (χ0v) is 5.52. The van der Waals surface area contributed by atoms with Crippen molar-refractivity contribution in [3.8, 4) is 0 Å². The molecule has 1 heterocycles. The summed E-state index contributed by atoms with van der Waals surface area (Å²) in [6.07, 6.45) is 3.55. The summed E-state index contributed by atoms with van der Waals surface area (Å²) in [5, 5.41) is 0. The Morgan fingerprint density at radius 3 is 3.00 bits per heavy atom. The monoisotopic (exact) mass is 126 g/mol. The third kappa shape index (κ3) is 1.88. The maximum Gasteiger partial charge on any atom is 0.155 e. The molecule has 0 aromatic carbocycles. The van der Waals surface area contributed by atoms with E-state index in [1.807, 2.05) is 0 Å². The van der Waals surface area contributed by atoms with Gasteiger partial charge in [0.2, 0.25) is 0 Å². The normalized spacial score (nSPS) is 22.1. The molecule has 1 rings (SSSR count). The predicted octanol–water partition coefficient (Wildman–Crippen LogP) is 1.27. The summed E-state index contributed by atoms with van der Waals surface area (Å²) in [4.78, 5) is 10.4. The first-order valence-corrected chi connectivity index (χ1v) is 3.13. The number of ether oxygens (including phenoxy) is 1. The number of rotatable bonds is 1. The average molecular weight is 126 g/mol. The van der Waals surface area contributed by atoms with E-state index in [2.05, 4.69) is 0 Å². The third-order valence-corrected chi connectivity index (χ3v) is 1.22. The summed E-state index contributed by atoms with van der Waals surface area (Å²) in [6, 6.07) is 0. The summed E-state index contributed by atoms with van der Waals surface area (Å²) < 4.78 is 5.10. The van der Waals surface area contributed by atoms with E-state index in [9.17, 15) is 4.79 Å². The van der Waals surface area contributed by atoms with Gasteiger partial charge >= 0.3 is 0 Å². The maximum absolute atomic E-state index is 10.4. The van der Waals surface area contributed by atoms with Crippen LogP contribution in [-0.2, 0) is 9.53 Å². The van der Waals surface area contributed by atoms with Gasteiger partial charge in [0, 0.05) is 12.5 Å². The van der Waals surface area contributed by atoms with Crippen molar-refractivity contribution < 1.29 is 9.53 Å². The molecule has 9 heavy (non-hydrogen) atoms. The molecule has 0 saturated carbocycles. The topological polar surface area (TPSA) is 26.3 Å². The molecular weight excluding hydrogens is 116 g/mol. The minimum absolute atomic E-state index is 0.0758. The lowest BCUT2D eigenvalue weighted by Crippen LogP contribution is -1.86. The van der Waals surface area contributed by atoms with Crippen molar-refractivity contribution in [1.29, 1.82) is 0 Å². The number of ketones is 1. The average Bonchev–Trinajstić information content (AvgIpc) is 2.15. The van der Waals surface area contributed by atoms with Gasteiger partial charge in [0.25, 0.3) is 0 Å². The van der Waals surface area contributed by atoms with Gasteiger partial charge < -0.3 is 4.74 Å². The van der Waals surface area contributed by atoms with Crippen molar-refractivity contribution in [2.24, 2.45) is 0 Å². The van der Waals surface area contributed by atoms with Crippen LogP contribution >= 0.6 is 0 Å². The number of allylic oxidation sites excluding steroid dienone is 2. The van der Waals surface area contributed by atoms with Crippen LogP contribution in [-0.4, -0.2) is 12.4 Å². The molecule has 1 saturated heterocycles. The Hall–Kier alpha value is -0.790. The van der Waals surface area contributed by atoms with Crippen molar-refractivity contribution >= 4 is 5.78 Å². The molecule has 1 aliphatic rings. The Bertz CT molecular complexity index is 139. The van der Waals surface area contributed by atoms with E-state index < -0.39 is 0 Å². The Kier molecular flexibility index (Phi) is 1.88. The molecule has 0 unspecified atom stereocenters. The van der Waals surface area contributed by atoms with Gasteiger partial charge in [-0.3, -0.25) is 4.79 Å². The second-order valence-corrected chi connectivity index (χ2v) is 2.17. The minimum Gasteiger partial charge on any atom is -0.498 e. The van der Waals surface area contributed by atoms with Crippen molar-refractivity contribution in [1.82, 2.24) is 0 Å². The Morgan fingerprint density at radius 2 is 2.56 bits per heavy atom. The molecule has 1 fully saturated rings. The fraction of sp³-hybridized carbons (Fsp3) is 0.571. The molecule has 50 valence electrons. The smallest absolute Gasteiger partial charge is 0.155 e. The van der Waals surface area contributed by atoms with Gasteiger partial charge in [0.05, 0.1) is 12.4 Å². The second-order valence-electron chi connectivity index (χ2n) is 2.17. The molecule has 2 nitrogen and oxygen atoms in total. The van der Waals surface area contributed by atoms with Crippen LogP contribution in [0.15, 0.2) is 11.8 Å². The second kappa shape index (κ2) is 2.67. The van der Waals surface area contributed by atoms with Crippen LogP contribution in [0.3, 0.4) is 0 Å². The highest BCUT2D eigenvalue weighted by Crippen LogP contribution is 2.14. The van der Waals surface area contributed by atoms with Gasteiger partial charge in [-0.15, -0.1) is 0 Å². The molecule has 0 radical (unpaired) electrons. The lowest BCUT2D eigenvalue weighted by Gasteiger charge is -1.93. The number of carbonyl (C=O) groups is 1. The van der Waals surface area contributed by atoms with E-state index >= 15 is 0 Å². The van der Waals surface area contributed by atoms with Gasteiger partial charge in [-0.2, -0.15) is 0 Å². The van der Waals surface area contributed by atoms with Crippen molar-refractivity contribution in [2.75, 3.05) is 6.61 Å². The molecule has 0 N–H and O–H groups in total. The van der Waals surface area contributed by atoms with Crippen LogP contribution in [0, 0.1) is 0 Å². The summed E-state index contributed by atoms with van der Waals surface area (Å²) in [6.45, 7) is 2.31. The largest absolute Gasteiger partial charge is 0.498 e. The van der Waals surface area contributed by atoms with E-state index in [1.165, 1.54) is 6.92 Å². The minimum atomic E-state index is 0.0758. The summed E-state index contributed by atoms with van der Waals surface area (Å²) in [5.41, 5.74) is 0. The van der Waals surface area contributed by atoms with Crippen LogP contribution in [0.5, 0.6) is 0 Å². The van der Waals surface area contributed by atoms with Crippen LogP contribution in [0.4, 0.5) is 0 Å². The zero-order valence-electron chi connectivity index (χ0n) is 5.52. The zero-order chi connectivity index (χ0) is 6.69. The van der Waals surface area contributed by atoms with Gasteiger partial charge in [-0.1, -0.05) is 0 Å². The van der Waals surface area contributed by atoms with Crippen LogP contribution in [0.1, 0.15) is 19.8 Å². The third-order valence-electron chi connectivity index (χ3n) is 1.22. The SMILES string of the molecule is CC(=O)/C=C1/CCCO1. The first kappa shape index (κ1) is 6.33. The van der Waals surface area contributed by atoms with Gasteiger partial charge in [-0.25, -0.2) is 0 Å².